The van der Waals surface area contributed by atoms with Crippen molar-refractivity contribution < 1.29 is 4.84 Å². The van der Waals surface area contributed by atoms with E-state index in [0.717, 1.165) is 5.45 Å². The van der Waals surface area contributed by atoms with E-state index in [-0.39, 0.29) is 0 Å². The highest BCUT2D eigenvalue weighted by molar-refractivity contribution is 7.57. The van der Waals surface area contributed by atoms with Crippen LogP contribution in [0.25, 0.3) is 0 Å². The van der Waals surface area contributed by atoms with E-state index in [2.05, 4.69) is 10.2 Å². The van der Waals surface area contributed by atoms with E-state index in [1.54, 1.807) is 6.26 Å². The molecule has 5 heteroatoms. The Hall–Kier alpha value is -0.110. The van der Waals surface area contributed by atoms with Gasteiger partial charge in [0.15, 0.2) is 0 Å². The molecule has 0 bridgehead atoms. The van der Waals surface area contributed by atoms with Gasteiger partial charge in [-0.1, -0.05) is 0 Å². The third-order valence-electron chi connectivity index (χ3n) is 0.899. The van der Waals surface area contributed by atoms with Gasteiger partial charge in [0.05, 0.1) is 12.0 Å². The van der Waals surface area contributed by atoms with Gasteiger partial charge in [-0.15, -0.1) is 16.9 Å². The average molecular weight is 179 g/mol. The zero-order valence-corrected chi connectivity index (χ0v) is 7.06. The summed E-state index contributed by atoms with van der Waals surface area (Å²) in [4.78, 5) is 8.92. The van der Waals surface area contributed by atoms with Crippen LogP contribution < -0.4 is 5.25 Å². The van der Waals surface area contributed by atoms with Gasteiger partial charge < -0.3 is 4.84 Å². The molecule has 0 aliphatic carbocycles. The first kappa shape index (κ1) is 7.99. The average Bonchev–Trinajstić information content (AvgIpc) is 2.03. The predicted molar refractivity (Wildman–Crippen MR) is 44.7 cm³/mol. The molecule has 0 saturated heterocycles. The molecule has 1 atom stereocenters. The summed E-state index contributed by atoms with van der Waals surface area (Å²) in [7, 11) is 0.435. The minimum absolute atomic E-state index is 0.435. The van der Waals surface area contributed by atoms with Gasteiger partial charge in [0.2, 0.25) is 0 Å². The maximum Gasteiger partial charge on any atom is 0.113 e. The zero-order valence-electron chi connectivity index (χ0n) is 5.30. The number of rotatable bonds is 2. The maximum atomic E-state index is 5.44. The molecule has 10 heavy (non-hydrogen) atoms. The standard InChI is InChI=1S/C5H8ClN2OP/c6-2-3-7-5-1-4-9-8-10-5/h1,4,8,10H,2-3H2. The Morgan fingerprint density at radius 3 is 3.30 bits per heavy atom. The lowest BCUT2D eigenvalue weighted by atomic mass is 10.6. The smallest absolute Gasteiger partial charge is 0.113 e. The van der Waals surface area contributed by atoms with Crippen LogP contribution in [0.15, 0.2) is 17.3 Å². The molecular weight excluding hydrogens is 170 g/mol. The third-order valence-corrected chi connectivity index (χ3v) is 1.87. The van der Waals surface area contributed by atoms with Crippen molar-refractivity contribution in [2.24, 2.45) is 4.99 Å². The number of aliphatic imine (C=N–C) groups is 1. The minimum atomic E-state index is 0.435. The van der Waals surface area contributed by atoms with Crippen molar-refractivity contribution in [1.29, 1.82) is 0 Å². The molecule has 56 valence electrons. The van der Waals surface area contributed by atoms with E-state index < -0.39 is 0 Å². The molecule has 1 N–H and O–H groups in total. The van der Waals surface area contributed by atoms with Crippen molar-refractivity contribution in [3.05, 3.63) is 12.3 Å². The normalized spacial score (nSPS) is 23.5. The molecule has 3 nitrogen and oxygen atoms in total. The summed E-state index contributed by atoms with van der Waals surface area (Å²) >= 11 is 5.44. The second kappa shape index (κ2) is 4.67. The molecule has 0 aromatic rings. The molecule has 0 saturated carbocycles. The van der Waals surface area contributed by atoms with Crippen molar-refractivity contribution >= 4 is 25.8 Å². The van der Waals surface area contributed by atoms with Crippen LogP contribution in [0, 0.1) is 0 Å². The van der Waals surface area contributed by atoms with E-state index in [9.17, 15) is 0 Å². The Labute approximate surface area is 66.3 Å². The molecule has 0 amide bonds. The molecular formula is C5H8ClN2OP. The van der Waals surface area contributed by atoms with Gasteiger partial charge >= 0.3 is 0 Å². The van der Waals surface area contributed by atoms with E-state index >= 15 is 0 Å². The minimum Gasteiger partial charge on any atom is -0.413 e. The summed E-state index contributed by atoms with van der Waals surface area (Å²) in [5, 5.41) is 2.71. The molecule has 0 aromatic heterocycles. The van der Waals surface area contributed by atoms with Gasteiger partial charge in [0.1, 0.15) is 6.26 Å². The maximum absolute atomic E-state index is 5.44. The van der Waals surface area contributed by atoms with Gasteiger partial charge in [-0.2, -0.15) is 0 Å². The molecule has 1 heterocycles. The van der Waals surface area contributed by atoms with Gasteiger partial charge in [-0.25, -0.2) is 0 Å². The van der Waals surface area contributed by atoms with E-state index in [1.165, 1.54) is 0 Å². The first-order valence-electron chi connectivity index (χ1n) is 2.87. The SMILES string of the molecule is ClCCN=C1C=CONP1. The third kappa shape index (κ3) is 2.65. The van der Waals surface area contributed by atoms with Crippen LogP contribution >= 0.6 is 20.3 Å². The van der Waals surface area contributed by atoms with Gasteiger partial charge in [-0.3, -0.25) is 4.99 Å². The van der Waals surface area contributed by atoms with Gasteiger partial charge in [0, 0.05) is 20.7 Å². The molecule has 1 aliphatic heterocycles. The first-order chi connectivity index (χ1) is 4.93. The summed E-state index contributed by atoms with van der Waals surface area (Å²) in [5.74, 6) is 0.572. The number of hydrogen-bond acceptors (Lipinski definition) is 3. The summed E-state index contributed by atoms with van der Waals surface area (Å²) in [6.45, 7) is 0.676. The highest BCUT2D eigenvalue weighted by Crippen LogP contribution is 2.12. The highest BCUT2D eigenvalue weighted by atomic mass is 35.5. The van der Waals surface area contributed by atoms with Crippen molar-refractivity contribution in [1.82, 2.24) is 5.25 Å². The summed E-state index contributed by atoms with van der Waals surface area (Å²) < 4.78 is 0. The van der Waals surface area contributed by atoms with Crippen LogP contribution in [-0.2, 0) is 4.84 Å². The van der Waals surface area contributed by atoms with Crippen molar-refractivity contribution in [2.75, 3.05) is 12.4 Å². The molecule has 1 rings (SSSR count). The Morgan fingerprint density at radius 2 is 2.70 bits per heavy atom. The quantitative estimate of drug-likeness (QED) is 0.510. The Balaban J connectivity index is 2.38. The summed E-state index contributed by atoms with van der Waals surface area (Å²) in [5.41, 5.74) is 1.01. The van der Waals surface area contributed by atoms with Gasteiger partial charge in [0.25, 0.3) is 0 Å². The van der Waals surface area contributed by atoms with Crippen LogP contribution in [0.5, 0.6) is 0 Å². The summed E-state index contributed by atoms with van der Waals surface area (Å²) in [6.07, 6.45) is 3.41. The Morgan fingerprint density at radius 1 is 1.80 bits per heavy atom. The Bertz CT molecular complexity index is 160. The largest absolute Gasteiger partial charge is 0.413 e. The van der Waals surface area contributed by atoms with Gasteiger partial charge in [-0.05, 0) is 0 Å². The van der Waals surface area contributed by atoms with E-state index in [4.69, 9.17) is 16.4 Å². The number of nitrogens with zero attached hydrogens (tertiary/aromatic N) is 1. The fourth-order valence-corrected chi connectivity index (χ4v) is 1.17. The highest BCUT2D eigenvalue weighted by Gasteiger charge is 1.97. The lowest BCUT2D eigenvalue weighted by molar-refractivity contribution is 0.211. The zero-order chi connectivity index (χ0) is 7.23. The van der Waals surface area contributed by atoms with Crippen LogP contribution in [-0.4, -0.2) is 17.9 Å². The number of hydrogen-bond donors (Lipinski definition) is 1. The molecule has 0 spiro atoms. The van der Waals surface area contributed by atoms with Crippen LogP contribution in [0.4, 0.5) is 0 Å². The van der Waals surface area contributed by atoms with Crippen LogP contribution in [0.1, 0.15) is 0 Å². The van der Waals surface area contributed by atoms with Crippen LogP contribution in [0.3, 0.4) is 0 Å². The molecule has 0 radical (unpaired) electrons. The first-order valence-corrected chi connectivity index (χ1v) is 4.40. The molecule has 0 fully saturated rings. The van der Waals surface area contributed by atoms with Crippen molar-refractivity contribution in [3.63, 3.8) is 0 Å². The molecule has 1 unspecified atom stereocenters. The van der Waals surface area contributed by atoms with Crippen molar-refractivity contribution in [3.8, 4) is 0 Å². The van der Waals surface area contributed by atoms with Crippen LogP contribution in [0.2, 0.25) is 0 Å². The Kier molecular flexibility index (Phi) is 3.73. The summed E-state index contributed by atoms with van der Waals surface area (Å²) in [6, 6.07) is 0. The fraction of sp³-hybridized carbons (Fsp3) is 0.400. The second-order valence-corrected chi connectivity index (χ2v) is 2.95. The topological polar surface area (TPSA) is 33.6 Å². The number of alkyl halides is 1. The number of allylic oxidation sites excluding steroid dienone is 1. The second-order valence-electron chi connectivity index (χ2n) is 1.60. The lowest BCUT2D eigenvalue weighted by Crippen LogP contribution is -2.07. The fourth-order valence-electron chi connectivity index (χ4n) is 0.511. The van der Waals surface area contributed by atoms with E-state index in [0.29, 0.717) is 21.2 Å². The molecule has 1 aliphatic rings. The predicted octanol–water partition coefficient (Wildman–Crippen LogP) is 1.27. The van der Waals surface area contributed by atoms with E-state index in [1.807, 2.05) is 6.08 Å². The lowest BCUT2D eigenvalue weighted by Gasteiger charge is -2.07. The van der Waals surface area contributed by atoms with Crippen molar-refractivity contribution in [2.45, 2.75) is 0 Å². The molecule has 0 aromatic carbocycles. The monoisotopic (exact) mass is 178 g/mol. The number of nitrogens with one attached hydrogen (secondary N) is 1. The number of halogens is 1.